The third-order valence-corrected chi connectivity index (χ3v) is 2.83. The number of methoxy groups -OCH3 is 1. The molecule has 0 saturated carbocycles. The van der Waals surface area contributed by atoms with Crippen LogP contribution in [-0.4, -0.2) is 40.8 Å². The maximum absolute atomic E-state index is 12.0. The summed E-state index contributed by atoms with van der Waals surface area (Å²) < 4.78 is 11.1. The molecule has 0 radical (unpaired) electrons. The number of aromatic nitrogens is 2. The summed E-state index contributed by atoms with van der Waals surface area (Å²) in [4.78, 5) is 35.3. The van der Waals surface area contributed by atoms with Crippen molar-refractivity contribution in [3.8, 4) is 0 Å². The van der Waals surface area contributed by atoms with Gasteiger partial charge in [-0.25, -0.2) is 9.59 Å². The van der Waals surface area contributed by atoms with Crippen molar-refractivity contribution in [2.75, 3.05) is 7.11 Å². The maximum atomic E-state index is 12.0. The minimum Gasteiger partial charge on any atom is -0.465 e. The van der Waals surface area contributed by atoms with Gasteiger partial charge in [-0.3, -0.25) is 4.68 Å². The number of aldehydes is 1. The van der Waals surface area contributed by atoms with Gasteiger partial charge in [0.05, 0.1) is 19.0 Å². The van der Waals surface area contributed by atoms with Crippen LogP contribution in [0, 0.1) is 0 Å². The third kappa shape index (κ3) is 3.84. The molecule has 1 aromatic heterocycles. The molecule has 122 valence electrons. The highest BCUT2D eigenvalue weighted by atomic mass is 16.6. The van der Waals surface area contributed by atoms with Crippen molar-refractivity contribution >= 4 is 18.3 Å². The van der Waals surface area contributed by atoms with Crippen molar-refractivity contribution in [2.45, 2.75) is 38.8 Å². The van der Waals surface area contributed by atoms with Crippen molar-refractivity contribution in [1.82, 2.24) is 15.1 Å². The van der Waals surface area contributed by atoms with Gasteiger partial charge in [-0.2, -0.15) is 5.10 Å². The Balaban J connectivity index is 3.19. The van der Waals surface area contributed by atoms with Crippen LogP contribution in [0.5, 0.6) is 0 Å². The van der Waals surface area contributed by atoms with Crippen LogP contribution < -0.4 is 5.32 Å². The Morgan fingerprint density at radius 1 is 1.32 bits per heavy atom. The first-order valence-corrected chi connectivity index (χ1v) is 6.62. The van der Waals surface area contributed by atoms with E-state index in [2.05, 4.69) is 15.2 Å². The third-order valence-electron chi connectivity index (χ3n) is 2.83. The second-order valence-corrected chi connectivity index (χ2v) is 5.97. The highest BCUT2D eigenvalue weighted by molar-refractivity contribution is 5.92. The number of hydrogen-bond donors (Lipinski definition) is 1. The molecule has 1 atom stereocenters. The zero-order chi connectivity index (χ0) is 17.1. The van der Waals surface area contributed by atoms with E-state index in [0.29, 0.717) is 6.29 Å². The number of ether oxygens (including phenoxy) is 2. The molecule has 8 heteroatoms. The summed E-state index contributed by atoms with van der Waals surface area (Å²) in [6.45, 7) is 6.56. The molecule has 1 N–H and O–H groups in total. The van der Waals surface area contributed by atoms with Crippen molar-refractivity contribution < 1.29 is 23.9 Å². The molecule has 0 aromatic carbocycles. The summed E-state index contributed by atoms with van der Waals surface area (Å²) in [5.41, 5.74) is -1.90. The maximum Gasteiger partial charge on any atom is 0.408 e. The molecular formula is C14H21N3O5. The second kappa shape index (κ2) is 6.17. The lowest BCUT2D eigenvalue weighted by molar-refractivity contribution is -0.113. The van der Waals surface area contributed by atoms with Crippen molar-refractivity contribution in [3.05, 3.63) is 17.5 Å². The van der Waals surface area contributed by atoms with Gasteiger partial charge in [0, 0.05) is 7.05 Å². The normalized spacial score (nSPS) is 13.9. The molecule has 0 aliphatic carbocycles. The number of hydrogen-bond acceptors (Lipinski definition) is 6. The van der Waals surface area contributed by atoms with Crippen LogP contribution in [0.2, 0.25) is 0 Å². The van der Waals surface area contributed by atoms with Crippen LogP contribution in [-0.2, 0) is 26.9 Å². The van der Waals surface area contributed by atoms with E-state index in [1.165, 1.54) is 24.9 Å². The molecular weight excluding hydrogens is 290 g/mol. The number of nitrogens with one attached hydrogen (secondary N) is 1. The first-order chi connectivity index (χ1) is 10.0. The molecule has 0 aliphatic heterocycles. The average molecular weight is 311 g/mol. The predicted octanol–water partition coefficient (Wildman–Crippen LogP) is 1.15. The van der Waals surface area contributed by atoms with Gasteiger partial charge in [0.1, 0.15) is 16.7 Å². The van der Waals surface area contributed by atoms with Gasteiger partial charge >= 0.3 is 12.1 Å². The molecule has 0 fully saturated rings. The van der Waals surface area contributed by atoms with E-state index in [0.717, 1.165) is 0 Å². The number of nitrogens with zero attached hydrogens (tertiary/aromatic N) is 2. The fourth-order valence-corrected chi connectivity index (χ4v) is 1.97. The van der Waals surface area contributed by atoms with Gasteiger partial charge in [0.2, 0.25) is 0 Å². The SMILES string of the molecule is COC(=O)c1cnn(C)c1C(C)(C=O)NC(=O)OC(C)(C)C. The van der Waals surface area contributed by atoms with Gasteiger partial charge in [0.25, 0.3) is 0 Å². The standard InChI is InChI=1S/C14H21N3O5/c1-13(2,3)22-12(20)16-14(4,8-18)10-9(11(19)21-6)7-15-17(10)5/h7-8H,1-6H3,(H,16,20). The van der Waals surface area contributed by atoms with Crippen molar-refractivity contribution in [1.29, 1.82) is 0 Å². The molecule has 0 saturated heterocycles. The highest BCUT2D eigenvalue weighted by Gasteiger charge is 2.37. The summed E-state index contributed by atoms with van der Waals surface area (Å²) in [5, 5.41) is 6.41. The summed E-state index contributed by atoms with van der Waals surface area (Å²) >= 11 is 0. The van der Waals surface area contributed by atoms with Gasteiger partial charge in [-0.05, 0) is 27.7 Å². The Morgan fingerprint density at radius 2 is 1.91 bits per heavy atom. The molecule has 0 bridgehead atoms. The minimum atomic E-state index is -1.49. The molecule has 22 heavy (non-hydrogen) atoms. The average Bonchev–Trinajstić information content (AvgIpc) is 2.77. The van der Waals surface area contributed by atoms with Crippen molar-refractivity contribution in [3.63, 3.8) is 0 Å². The molecule has 8 nitrogen and oxygen atoms in total. The lowest BCUT2D eigenvalue weighted by atomic mass is 9.96. The molecule has 0 aliphatic rings. The summed E-state index contributed by atoms with van der Waals surface area (Å²) in [5.74, 6) is -0.651. The van der Waals surface area contributed by atoms with E-state index in [1.807, 2.05) is 0 Å². The topological polar surface area (TPSA) is 99.5 Å². The Hall–Kier alpha value is -2.38. The Bertz CT molecular complexity index is 588. The van der Waals surface area contributed by atoms with E-state index >= 15 is 0 Å². The first-order valence-electron chi connectivity index (χ1n) is 6.62. The van der Waals surface area contributed by atoms with Crippen LogP contribution in [0.25, 0.3) is 0 Å². The van der Waals surface area contributed by atoms with Crippen LogP contribution in [0.4, 0.5) is 4.79 Å². The zero-order valence-electron chi connectivity index (χ0n) is 13.6. The Morgan fingerprint density at radius 3 is 2.36 bits per heavy atom. The van der Waals surface area contributed by atoms with Gasteiger partial charge in [0.15, 0.2) is 6.29 Å². The quantitative estimate of drug-likeness (QED) is 0.661. The number of alkyl carbamates (subject to hydrolysis) is 1. The number of amides is 1. The molecule has 0 spiro atoms. The minimum absolute atomic E-state index is 0.0932. The molecule has 1 amide bonds. The number of carbonyl (C=O) groups excluding carboxylic acids is 3. The number of esters is 1. The van der Waals surface area contributed by atoms with Gasteiger partial charge in [-0.15, -0.1) is 0 Å². The smallest absolute Gasteiger partial charge is 0.408 e. The van der Waals surface area contributed by atoms with E-state index in [4.69, 9.17) is 4.74 Å². The summed E-state index contributed by atoms with van der Waals surface area (Å²) in [6.07, 6.45) is 1.01. The van der Waals surface area contributed by atoms with E-state index < -0.39 is 23.2 Å². The van der Waals surface area contributed by atoms with Crippen LogP contribution in [0.1, 0.15) is 43.7 Å². The number of carbonyl (C=O) groups is 3. The second-order valence-electron chi connectivity index (χ2n) is 5.97. The van der Waals surface area contributed by atoms with E-state index in [9.17, 15) is 14.4 Å². The van der Waals surface area contributed by atoms with Crippen molar-refractivity contribution in [2.24, 2.45) is 7.05 Å². The van der Waals surface area contributed by atoms with Gasteiger partial charge < -0.3 is 19.6 Å². The van der Waals surface area contributed by atoms with E-state index in [1.54, 1.807) is 27.8 Å². The Labute approximate surface area is 128 Å². The fourth-order valence-electron chi connectivity index (χ4n) is 1.97. The first kappa shape index (κ1) is 17.7. The number of aryl methyl sites for hydroxylation is 1. The summed E-state index contributed by atoms with van der Waals surface area (Å²) in [6, 6.07) is 0. The molecule has 1 rings (SSSR count). The van der Waals surface area contributed by atoms with Crippen LogP contribution in [0.15, 0.2) is 6.20 Å². The van der Waals surface area contributed by atoms with Crippen LogP contribution in [0.3, 0.4) is 0 Å². The number of rotatable bonds is 4. The van der Waals surface area contributed by atoms with Crippen LogP contribution >= 0.6 is 0 Å². The van der Waals surface area contributed by atoms with Gasteiger partial charge in [-0.1, -0.05) is 0 Å². The predicted molar refractivity (Wildman–Crippen MR) is 77.3 cm³/mol. The molecule has 1 heterocycles. The lowest BCUT2D eigenvalue weighted by Gasteiger charge is -2.28. The zero-order valence-corrected chi connectivity index (χ0v) is 13.6. The van der Waals surface area contributed by atoms with E-state index in [-0.39, 0.29) is 11.3 Å². The molecule has 1 unspecified atom stereocenters. The largest absolute Gasteiger partial charge is 0.465 e. The monoisotopic (exact) mass is 311 g/mol. The fraction of sp³-hybridized carbons (Fsp3) is 0.571. The molecule has 1 aromatic rings. The Kier molecular flexibility index (Phi) is 4.95. The lowest BCUT2D eigenvalue weighted by Crippen LogP contribution is -2.48. The highest BCUT2D eigenvalue weighted by Crippen LogP contribution is 2.23. The summed E-state index contributed by atoms with van der Waals surface area (Å²) in [7, 11) is 2.78.